The van der Waals surface area contributed by atoms with E-state index in [4.69, 9.17) is 5.26 Å². The normalized spacial score (nSPS) is 26.0. The molecule has 2 N–H and O–H groups in total. The fourth-order valence-electron chi connectivity index (χ4n) is 3.41. The quantitative estimate of drug-likeness (QED) is 0.713. The van der Waals surface area contributed by atoms with Gasteiger partial charge in [0.05, 0.1) is 36.2 Å². The Hall–Kier alpha value is -2.15. The molecule has 9 heteroatoms. The first-order chi connectivity index (χ1) is 12.4. The maximum absolute atomic E-state index is 12.3. The molecule has 1 aromatic rings. The molecule has 7 nitrogen and oxygen atoms in total. The third-order valence-corrected chi connectivity index (χ3v) is 6.50. The van der Waals surface area contributed by atoms with Gasteiger partial charge in [-0.2, -0.15) is 5.26 Å². The first-order valence-electron chi connectivity index (χ1n) is 8.00. The number of amides is 1. The van der Waals surface area contributed by atoms with Gasteiger partial charge in [-0.15, -0.1) is 11.3 Å². The summed E-state index contributed by atoms with van der Waals surface area (Å²) in [5, 5.41) is 32.3. The molecule has 1 fully saturated rings. The molecule has 3 heterocycles. The van der Waals surface area contributed by atoms with Crippen LogP contribution in [-0.2, 0) is 16.0 Å². The van der Waals surface area contributed by atoms with Crippen molar-refractivity contribution in [2.24, 2.45) is 11.8 Å². The van der Waals surface area contributed by atoms with Gasteiger partial charge in [0, 0.05) is 16.2 Å². The van der Waals surface area contributed by atoms with Crippen LogP contribution in [0, 0.1) is 23.2 Å². The Kier molecular flexibility index (Phi) is 5.18. The number of carbonyl (C=O) groups excluding carboxylic acids is 1. The van der Waals surface area contributed by atoms with E-state index < -0.39 is 18.0 Å². The molecule has 1 amide bonds. The molecule has 2 aliphatic rings. The molecular weight excluding hydrogens is 374 g/mol. The van der Waals surface area contributed by atoms with Gasteiger partial charge in [-0.3, -0.25) is 4.79 Å². The van der Waals surface area contributed by atoms with Crippen LogP contribution in [0.4, 0.5) is 0 Å². The number of rotatable bonds is 6. The summed E-state index contributed by atoms with van der Waals surface area (Å²) in [4.78, 5) is 30.1. The zero-order chi connectivity index (χ0) is 19.0. The third kappa shape index (κ3) is 3.05. The molecule has 0 unspecified atom stereocenters. The number of aliphatic carboxylic acids is 1. The maximum atomic E-state index is 12.3. The average Bonchev–Trinajstić information content (AvgIpc) is 3.10. The van der Waals surface area contributed by atoms with Gasteiger partial charge in [0.25, 0.3) is 0 Å². The first-order valence-corrected chi connectivity index (χ1v) is 9.76. The number of carboxylic acid groups (broad SMARTS) is 1. The van der Waals surface area contributed by atoms with Crippen molar-refractivity contribution in [2.45, 2.75) is 32.4 Å². The molecule has 26 heavy (non-hydrogen) atoms. The predicted molar refractivity (Wildman–Crippen MR) is 97.7 cm³/mol. The first kappa shape index (κ1) is 18.6. The predicted octanol–water partition coefficient (Wildman–Crippen LogP) is 2.07. The summed E-state index contributed by atoms with van der Waals surface area (Å²) in [5.41, 5.74) is 0.708. The van der Waals surface area contributed by atoms with E-state index in [0.717, 1.165) is 5.01 Å². The van der Waals surface area contributed by atoms with Crippen LogP contribution < -0.4 is 0 Å². The van der Waals surface area contributed by atoms with Crippen LogP contribution in [0.25, 0.3) is 6.08 Å². The minimum absolute atomic E-state index is 0.00311. The van der Waals surface area contributed by atoms with Crippen molar-refractivity contribution in [1.82, 2.24) is 9.88 Å². The number of nitrogens with zero attached hydrogens (tertiary/aromatic N) is 3. The summed E-state index contributed by atoms with van der Waals surface area (Å²) in [5.74, 6) is -2.21. The van der Waals surface area contributed by atoms with Crippen LogP contribution in [-0.4, -0.2) is 44.1 Å². The van der Waals surface area contributed by atoms with E-state index in [1.807, 2.05) is 18.4 Å². The number of β-lactam (4-membered cyclic amide) rings is 1. The number of aliphatic hydroxyl groups is 1. The summed E-state index contributed by atoms with van der Waals surface area (Å²) >= 11 is 2.66. The highest BCUT2D eigenvalue weighted by atomic mass is 32.2. The van der Waals surface area contributed by atoms with E-state index in [2.05, 4.69) is 4.98 Å². The summed E-state index contributed by atoms with van der Waals surface area (Å²) in [6.07, 6.45) is 1.20. The molecule has 136 valence electrons. The van der Waals surface area contributed by atoms with Crippen molar-refractivity contribution in [3.8, 4) is 6.07 Å². The SMILES string of the molecule is C[C@@H](O)[C@H]1C(=O)N2C(C(=O)O)=C(S/C=C\c3nc(CC#N)cs3)[C@H](C)[C@H]12. The number of aliphatic hydroxyl groups excluding tert-OH is 1. The highest BCUT2D eigenvalue weighted by molar-refractivity contribution is 8.06. The summed E-state index contributed by atoms with van der Waals surface area (Å²) in [6, 6.07) is 1.73. The Labute approximate surface area is 158 Å². The second-order valence-electron chi connectivity index (χ2n) is 6.20. The number of thioether (sulfide) groups is 1. The van der Waals surface area contributed by atoms with Gasteiger partial charge in [-0.05, 0) is 18.4 Å². The van der Waals surface area contributed by atoms with Crippen LogP contribution in [0.3, 0.4) is 0 Å². The lowest BCUT2D eigenvalue weighted by atomic mass is 9.79. The molecule has 0 saturated carbocycles. The Bertz CT molecular complexity index is 852. The number of nitriles is 1. The number of carbonyl (C=O) groups is 2. The number of carboxylic acids is 1. The van der Waals surface area contributed by atoms with Crippen LogP contribution in [0.15, 0.2) is 21.4 Å². The zero-order valence-electron chi connectivity index (χ0n) is 14.1. The average molecular weight is 391 g/mol. The van der Waals surface area contributed by atoms with Crippen molar-refractivity contribution in [2.75, 3.05) is 0 Å². The molecule has 0 radical (unpaired) electrons. The smallest absolute Gasteiger partial charge is 0.353 e. The van der Waals surface area contributed by atoms with E-state index in [-0.39, 0.29) is 30.0 Å². The van der Waals surface area contributed by atoms with Gasteiger partial charge >= 0.3 is 5.97 Å². The van der Waals surface area contributed by atoms with Crippen LogP contribution in [0.5, 0.6) is 0 Å². The molecule has 4 atom stereocenters. The van der Waals surface area contributed by atoms with E-state index >= 15 is 0 Å². The van der Waals surface area contributed by atoms with E-state index in [0.29, 0.717) is 10.6 Å². The lowest BCUT2D eigenvalue weighted by molar-refractivity contribution is -0.163. The molecular formula is C17H17N3O4S2. The van der Waals surface area contributed by atoms with Crippen molar-refractivity contribution in [3.63, 3.8) is 0 Å². The molecule has 0 spiro atoms. The number of fused-ring (bicyclic) bond motifs is 1. The number of aromatic nitrogens is 1. The van der Waals surface area contributed by atoms with Crippen molar-refractivity contribution in [3.05, 3.63) is 32.1 Å². The van der Waals surface area contributed by atoms with E-state index in [1.54, 1.807) is 18.4 Å². The van der Waals surface area contributed by atoms with Crippen LogP contribution in [0.2, 0.25) is 0 Å². The molecule has 0 aliphatic carbocycles. The van der Waals surface area contributed by atoms with Crippen molar-refractivity contribution in [1.29, 1.82) is 5.26 Å². The lowest BCUT2D eigenvalue weighted by Crippen LogP contribution is -2.63. The Morgan fingerprint density at radius 1 is 1.62 bits per heavy atom. The summed E-state index contributed by atoms with van der Waals surface area (Å²) in [7, 11) is 0. The van der Waals surface area contributed by atoms with Gasteiger partial charge in [0.15, 0.2) is 0 Å². The molecule has 1 aromatic heterocycles. The van der Waals surface area contributed by atoms with Crippen molar-refractivity contribution < 1.29 is 19.8 Å². The molecule has 0 aromatic carbocycles. The molecule has 2 aliphatic heterocycles. The van der Waals surface area contributed by atoms with Crippen LogP contribution >= 0.6 is 23.1 Å². The number of hydrogen-bond donors (Lipinski definition) is 2. The Balaban J connectivity index is 1.79. The van der Waals surface area contributed by atoms with Gasteiger partial charge in [0.1, 0.15) is 10.7 Å². The highest BCUT2D eigenvalue weighted by Crippen LogP contribution is 2.50. The van der Waals surface area contributed by atoms with Gasteiger partial charge in [-0.25, -0.2) is 9.78 Å². The third-order valence-electron chi connectivity index (χ3n) is 4.55. The zero-order valence-corrected chi connectivity index (χ0v) is 15.8. The topological polar surface area (TPSA) is 115 Å². The lowest BCUT2D eigenvalue weighted by Gasteiger charge is -2.46. The van der Waals surface area contributed by atoms with E-state index in [9.17, 15) is 19.8 Å². The van der Waals surface area contributed by atoms with Gasteiger partial charge in [0.2, 0.25) is 5.91 Å². The van der Waals surface area contributed by atoms with E-state index in [1.165, 1.54) is 28.0 Å². The molecule has 1 saturated heterocycles. The van der Waals surface area contributed by atoms with Crippen molar-refractivity contribution >= 4 is 41.1 Å². The largest absolute Gasteiger partial charge is 0.477 e. The van der Waals surface area contributed by atoms with Gasteiger partial charge < -0.3 is 15.1 Å². The Morgan fingerprint density at radius 3 is 2.96 bits per heavy atom. The molecule has 3 rings (SSSR count). The summed E-state index contributed by atoms with van der Waals surface area (Å²) < 4.78 is 0. The second kappa shape index (κ2) is 7.23. The van der Waals surface area contributed by atoms with Gasteiger partial charge in [-0.1, -0.05) is 18.7 Å². The standard InChI is InChI=1S/C17H17N3O4S2/c1-8-13-12(9(2)21)16(22)20(13)14(17(23)24)15(8)25-6-4-11-19-10(3-5-18)7-26-11/h4,6-9,12-13,21H,3H2,1-2H3,(H,23,24)/b6-4-/t8-,9-,12-,13-/m1/s1. The minimum atomic E-state index is -1.14. The molecule has 0 bridgehead atoms. The Morgan fingerprint density at radius 2 is 2.35 bits per heavy atom. The minimum Gasteiger partial charge on any atom is -0.477 e. The second-order valence-corrected chi connectivity index (χ2v) is 8.04. The van der Waals surface area contributed by atoms with Crippen LogP contribution in [0.1, 0.15) is 24.5 Å². The monoisotopic (exact) mass is 391 g/mol. The number of hydrogen-bond acceptors (Lipinski definition) is 7. The fourth-order valence-corrected chi connectivity index (χ4v) is 5.20. The fraction of sp³-hybridized carbons (Fsp3) is 0.412. The maximum Gasteiger partial charge on any atom is 0.353 e. The number of thiazole rings is 1. The highest BCUT2D eigenvalue weighted by Gasteiger charge is 2.59. The summed E-state index contributed by atoms with van der Waals surface area (Å²) in [6.45, 7) is 3.43.